The van der Waals surface area contributed by atoms with Crippen molar-refractivity contribution >= 4 is 2.26 Å². The average Bonchev–Trinajstić information content (AvgIpc) is 0.918. The Morgan fingerprint density at radius 1 is 1.75 bits per heavy atom. The molecule has 0 aromatic heterocycles. The Kier molecular flexibility index (Phi) is 20.1. The van der Waals surface area contributed by atoms with Gasteiger partial charge in [0.25, 0.3) is 0 Å². The molecule has 0 amide bonds. The summed E-state index contributed by atoms with van der Waals surface area (Å²) in [6.45, 7) is 0. The van der Waals surface area contributed by atoms with E-state index < -0.39 is 0 Å². The van der Waals surface area contributed by atoms with Crippen LogP contribution in [0.15, 0.2) is 0 Å². The van der Waals surface area contributed by atoms with E-state index in [-0.39, 0.29) is 5.48 Å². The second-order valence-corrected chi connectivity index (χ2v) is 0.583. The van der Waals surface area contributed by atoms with E-state index in [1.807, 2.05) is 0 Å². The Bertz CT molecular complexity index is 13.5. The minimum absolute atomic E-state index is 0. The molecule has 0 saturated heterocycles. The van der Waals surface area contributed by atoms with Gasteiger partial charge in [-0.15, -0.1) is 0 Å². The van der Waals surface area contributed by atoms with Gasteiger partial charge in [0, 0.05) is 0 Å². The van der Waals surface area contributed by atoms with Crippen LogP contribution >= 0.6 is 0 Å². The molecule has 0 saturated carbocycles. The predicted molar refractivity (Wildman–Crippen MR) is 7.44 cm³/mol. The van der Waals surface area contributed by atoms with Gasteiger partial charge in [-0.2, -0.15) is 0 Å². The molecule has 3 heteroatoms. The first-order valence-electron chi connectivity index (χ1n) is 0.428. The van der Waals surface area contributed by atoms with Crippen LogP contribution in [0.5, 0.6) is 0 Å². The molecule has 0 N–H and O–H groups in total. The van der Waals surface area contributed by atoms with Crippen molar-refractivity contribution < 1.29 is 46.9 Å². The van der Waals surface area contributed by atoms with Gasteiger partial charge in [0.15, 0.2) is 0 Å². The number of hydrogen-bond donors (Lipinski definition) is 0. The molecule has 0 atom stereocenters. The minimum Gasteiger partial charge on any atom is -2.00 e. The van der Waals surface area contributed by atoms with E-state index in [1.54, 1.807) is 0 Å². The van der Waals surface area contributed by atoms with Crippen molar-refractivity contribution in [3.05, 3.63) is 0 Å². The molecule has 2 nitrogen and oxygen atoms in total. The summed E-state index contributed by atoms with van der Waals surface area (Å²) < 4.78 is 0.750. The molecule has 0 aliphatic carbocycles. The Morgan fingerprint density at radius 2 is 1.75 bits per heavy atom. The van der Waals surface area contributed by atoms with Crippen LogP contribution in [-0.4, -0.2) is 2.26 Å². The fraction of sp³-hybridized carbons (Fsp3) is 0. The molecular formula is CHO2Tb. The summed E-state index contributed by atoms with van der Waals surface area (Å²) in [6.07, 6.45) is 0. The summed E-state index contributed by atoms with van der Waals surface area (Å²) in [5, 5.41) is 0. The summed E-state index contributed by atoms with van der Waals surface area (Å²) in [6, 6.07) is 0. The van der Waals surface area contributed by atoms with Crippen molar-refractivity contribution in [2.45, 2.75) is 0 Å². The molecule has 4 heavy (non-hydrogen) atoms. The average molecular weight is 204 g/mol. The third-order valence-electron chi connectivity index (χ3n) is 0. The van der Waals surface area contributed by atoms with Gasteiger partial charge < -0.3 is 5.48 Å². The monoisotopic (exact) mass is 204 g/mol. The second-order valence-electron chi connectivity index (χ2n) is 0.0786. The van der Waals surface area contributed by atoms with Gasteiger partial charge in [-0.25, -0.2) is 0 Å². The van der Waals surface area contributed by atoms with Crippen LogP contribution in [0.2, 0.25) is 0 Å². The SMILES string of the molecule is O=[CH][Tb+2].[O-2]. The molecule has 0 heterocycles. The van der Waals surface area contributed by atoms with E-state index in [4.69, 9.17) is 4.79 Å². The number of carbonyl (C=O) groups excluding carboxylic acids is 1. The summed E-state index contributed by atoms with van der Waals surface area (Å²) in [5.41, 5.74) is 0. The second kappa shape index (κ2) is 9.07. The molecule has 0 spiro atoms. The van der Waals surface area contributed by atoms with E-state index in [2.05, 4.69) is 0 Å². The molecule has 0 bridgehead atoms. The molecular weight excluding hydrogens is 203 g/mol. The van der Waals surface area contributed by atoms with Crippen molar-refractivity contribution in [1.29, 1.82) is 0 Å². The van der Waals surface area contributed by atoms with Crippen LogP contribution in [0.4, 0.5) is 0 Å². The number of hydrogen-bond acceptors (Lipinski definition) is 1. The van der Waals surface area contributed by atoms with Crippen LogP contribution in [0.25, 0.3) is 0 Å². The fourth-order valence-electron chi connectivity index (χ4n) is 0. The first-order valence-corrected chi connectivity index (χ1v) is 1.66. The van der Waals surface area contributed by atoms with Crippen LogP contribution in [-0.2, 0) is 10.3 Å². The molecule has 0 aliphatic rings. The molecule has 0 fully saturated rings. The maximum absolute atomic E-state index is 8.81. The Hall–Kier alpha value is 0.916. The Morgan fingerprint density at radius 3 is 1.75 bits per heavy atom. The predicted octanol–water partition coefficient (Wildman–Crippen LogP) is -0.393. The largest absolute Gasteiger partial charge is 2.00 e. The van der Waals surface area contributed by atoms with Gasteiger partial charge in [-0.3, -0.25) is 0 Å². The van der Waals surface area contributed by atoms with Crippen molar-refractivity contribution in [1.82, 2.24) is 0 Å². The minimum atomic E-state index is 0. The van der Waals surface area contributed by atoms with Crippen molar-refractivity contribution in [2.75, 3.05) is 0 Å². The first-order chi connectivity index (χ1) is 1.41. The number of rotatable bonds is 0. The van der Waals surface area contributed by atoms with E-state index >= 15 is 0 Å². The topological polar surface area (TPSA) is 45.6 Å². The van der Waals surface area contributed by atoms with Crippen LogP contribution in [0.3, 0.4) is 0 Å². The van der Waals surface area contributed by atoms with Gasteiger partial charge in [0.05, 0.1) is 0 Å². The molecule has 0 radical (unpaired) electrons. The quantitative estimate of drug-likeness (QED) is 0.495. The molecule has 0 rings (SSSR count). The van der Waals surface area contributed by atoms with Crippen molar-refractivity contribution in [2.24, 2.45) is 0 Å². The van der Waals surface area contributed by atoms with E-state index in [0.29, 0.717) is 0 Å². The van der Waals surface area contributed by atoms with Crippen LogP contribution < -0.4 is 0 Å². The van der Waals surface area contributed by atoms with Gasteiger partial charge in [-0.05, 0) is 0 Å². The van der Waals surface area contributed by atoms with E-state index in [1.165, 1.54) is 36.6 Å². The van der Waals surface area contributed by atoms with Gasteiger partial charge >= 0.3 is 43.7 Å². The maximum Gasteiger partial charge on any atom is -2.00 e. The smallest absolute Gasteiger partial charge is 2.00 e. The van der Waals surface area contributed by atoms with Crippen molar-refractivity contribution in [3.63, 3.8) is 0 Å². The summed E-state index contributed by atoms with van der Waals surface area (Å²) in [5.74, 6) is 0. The van der Waals surface area contributed by atoms with Crippen LogP contribution in [0, 0.1) is 36.6 Å². The molecule has 0 aromatic carbocycles. The Balaban J connectivity index is 0. The first kappa shape index (κ1) is 8.87. The normalized spacial score (nSPS) is 3.25. The molecule has 0 aliphatic heterocycles. The zero-order valence-corrected chi connectivity index (χ0v) is 3.87. The summed E-state index contributed by atoms with van der Waals surface area (Å²) >= 11 is 1.44. The zero-order chi connectivity index (χ0) is 2.71. The van der Waals surface area contributed by atoms with Gasteiger partial charge in [0.2, 0.25) is 0 Å². The standard InChI is InChI=1S/CHO.O.Tb/c1-2;;/h1H;;/q;-2;+2. The third kappa shape index (κ3) is 12.8. The summed E-state index contributed by atoms with van der Waals surface area (Å²) in [7, 11) is 0. The van der Waals surface area contributed by atoms with E-state index in [9.17, 15) is 0 Å². The van der Waals surface area contributed by atoms with Crippen molar-refractivity contribution in [3.8, 4) is 0 Å². The van der Waals surface area contributed by atoms with Gasteiger partial charge in [-0.1, -0.05) is 0 Å². The molecule has 26 valence electrons. The Labute approximate surface area is 48.8 Å². The van der Waals surface area contributed by atoms with Gasteiger partial charge in [0.1, 0.15) is 0 Å². The maximum atomic E-state index is 8.81. The summed E-state index contributed by atoms with van der Waals surface area (Å²) in [4.78, 5) is 8.81. The van der Waals surface area contributed by atoms with Crippen LogP contribution in [0.1, 0.15) is 0 Å². The van der Waals surface area contributed by atoms with E-state index in [0.717, 1.165) is 2.26 Å². The fourth-order valence-corrected chi connectivity index (χ4v) is 0. The third-order valence-corrected chi connectivity index (χ3v) is 0. The molecule has 0 unspecified atom stereocenters. The molecule has 0 aromatic rings. The zero-order valence-electron chi connectivity index (χ0n) is 1.73. The number of carbonyl (C=O) groups is 1.